The predicted octanol–water partition coefficient (Wildman–Crippen LogP) is 4.91. The highest BCUT2D eigenvalue weighted by atomic mass is 32.2. The minimum Gasteiger partial charge on any atom is -0.454 e. The predicted molar refractivity (Wildman–Crippen MR) is 142 cm³/mol. The van der Waals surface area contributed by atoms with Crippen LogP contribution in [-0.4, -0.2) is 29.7 Å². The number of nitrogens with one attached hydrogen (secondary N) is 1. The van der Waals surface area contributed by atoms with Gasteiger partial charge in [0.25, 0.3) is 5.56 Å². The summed E-state index contributed by atoms with van der Waals surface area (Å²) < 4.78 is 59.6. The van der Waals surface area contributed by atoms with Crippen LogP contribution in [-0.2, 0) is 31.3 Å². The van der Waals surface area contributed by atoms with Gasteiger partial charge < -0.3 is 9.30 Å². The Morgan fingerprint density at radius 1 is 1.05 bits per heavy atom. The summed E-state index contributed by atoms with van der Waals surface area (Å²) in [6, 6.07) is 9.79. The number of rotatable bonds is 10. The van der Waals surface area contributed by atoms with Crippen LogP contribution < -0.4 is 15.0 Å². The number of hydrogen-bond donors (Lipinski definition) is 2. The van der Waals surface area contributed by atoms with E-state index in [4.69, 9.17) is 9.29 Å². The maximum Gasteiger partial charge on any atom is 0.250 e. The number of hydrogen-bond acceptors (Lipinski definition) is 4. The number of halogens is 2. The van der Waals surface area contributed by atoms with Gasteiger partial charge in [0.2, 0.25) is 11.3 Å². The zero-order valence-corrected chi connectivity index (χ0v) is 22.0. The Morgan fingerprint density at radius 3 is 2.53 bits per heavy atom. The molecule has 2 heterocycles. The molecule has 0 amide bonds. The molecular formula is C27H28F2N4O4S. The van der Waals surface area contributed by atoms with Gasteiger partial charge in [0.05, 0.1) is 6.20 Å². The Morgan fingerprint density at radius 2 is 1.82 bits per heavy atom. The number of aryl methyl sites for hydroxylation is 1. The molecule has 4 rings (SSSR count). The van der Waals surface area contributed by atoms with E-state index in [2.05, 4.69) is 23.7 Å². The number of nitrogens with zero attached hydrogens (tertiary/aromatic N) is 3. The minimum atomic E-state index is -2.15. The maximum absolute atomic E-state index is 14.5. The lowest BCUT2D eigenvalue weighted by Crippen LogP contribution is -2.19. The van der Waals surface area contributed by atoms with Crippen molar-refractivity contribution in [2.75, 3.05) is 6.54 Å². The first-order chi connectivity index (χ1) is 18.1. The molecule has 1 atom stereocenters. The second kappa shape index (κ2) is 11.8. The van der Waals surface area contributed by atoms with E-state index in [1.807, 2.05) is 16.9 Å². The van der Waals surface area contributed by atoms with E-state index in [0.29, 0.717) is 35.6 Å². The normalized spacial score (nSPS) is 12.2. The highest BCUT2D eigenvalue weighted by Crippen LogP contribution is 2.39. The van der Waals surface area contributed by atoms with E-state index in [1.54, 1.807) is 31.6 Å². The lowest BCUT2D eigenvalue weighted by Gasteiger charge is -2.17. The van der Waals surface area contributed by atoms with Crippen LogP contribution in [0, 0.1) is 17.6 Å². The van der Waals surface area contributed by atoms with E-state index in [0.717, 1.165) is 23.3 Å². The Bertz CT molecular complexity index is 1530. The van der Waals surface area contributed by atoms with Gasteiger partial charge in [-0.1, -0.05) is 19.9 Å². The van der Waals surface area contributed by atoms with Crippen molar-refractivity contribution in [1.82, 2.24) is 19.1 Å². The second-order valence-corrected chi connectivity index (χ2v) is 10.1. The van der Waals surface area contributed by atoms with Crippen molar-refractivity contribution in [3.05, 3.63) is 88.6 Å². The fraction of sp³-hybridized carbons (Fsp3) is 0.259. The smallest absolute Gasteiger partial charge is 0.250 e. The second-order valence-electron chi connectivity index (χ2n) is 9.30. The molecule has 1 unspecified atom stereocenters. The summed E-state index contributed by atoms with van der Waals surface area (Å²) in [5.74, 6) is -1.08. The molecular weight excluding hydrogens is 514 g/mol. The van der Waals surface area contributed by atoms with Gasteiger partial charge in [-0.3, -0.25) is 14.0 Å². The molecule has 2 aromatic heterocycles. The van der Waals surface area contributed by atoms with Crippen molar-refractivity contribution < 1.29 is 22.3 Å². The van der Waals surface area contributed by atoms with Crippen LogP contribution >= 0.6 is 0 Å². The highest BCUT2D eigenvalue weighted by molar-refractivity contribution is 7.77. The third-order valence-electron chi connectivity index (χ3n) is 5.81. The lowest BCUT2D eigenvalue weighted by atomic mass is 9.95. The molecule has 0 spiro atoms. The van der Waals surface area contributed by atoms with Crippen molar-refractivity contribution in [3.8, 4) is 33.8 Å². The molecule has 0 aliphatic heterocycles. The van der Waals surface area contributed by atoms with Gasteiger partial charge in [0.1, 0.15) is 11.6 Å². The van der Waals surface area contributed by atoms with Crippen molar-refractivity contribution in [1.29, 1.82) is 0 Å². The number of pyridine rings is 1. The maximum atomic E-state index is 14.5. The van der Waals surface area contributed by atoms with Crippen LogP contribution in [0.15, 0.2) is 65.8 Å². The average Bonchev–Trinajstić information content (AvgIpc) is 3.30. The Labute approximate surface area is 221 Å². The molecule has 8 nitrogen and oxygen atoms in total. The largest absolute Gasteiger partial charge is 0.454 e. The summed E-state index contributed by atoms with van der Waals surface area (Å²) in [4.78, 5) is 12.7. The Hall–Kier alpha value is -3.67. The Kier molecular flexibility index (Phi) is 8.50. The first kappa shape index (κ1) is 27.4. The first-order valence-corrected chi connectivity index (χ1v) is 13.1. The van der Waals surface area contributed by atoms with E-state index in [1.165, 1.54) is 16.7 Å². The fourth-order valence-electron chi connectivity index (χ4n) is 4.05. The molecule has 0 saturated carbocycles. The fourth-order valence-corrected chi connectivity index (χ4v) is 4.33. The molecule has 2 aromatic carbocycles. The van der Waals surface area contributed by atoms with Gasteiger partial charge in [-0.25, -0.2) is 17.7 Å². The van der Waals surface area contributed by atoms with Crippen molar-refractivity contribution >= 4 is 11.3 Å². The molecule has 0 aliphatic rings. The number of ether oxygens (including phenoxy) is 1. The van der Waals surface area contributed by atoms with Gasteiger partial charge in [0.15, 0.2) is 11.6 Å². The molecule has 4 aromatic rings. The first-order valence-electron chi connectivity index (χ1n) is 11.9. The van der Waals surface area contributed by atoms with Crippen LogP contribution in [0.1, 0.15) is 19.4 Å². The van der Waals surface area contributed by atoms with Crippen LogP contribution in [0.4, 0.5) is 8.78 Å². The summed E-state index contributed by atoms with van der Waals surface area (Å²) in [5.41, 5.74) is 3.10. The third kappa shape index (κ3) is 6.60. The lowest BCUT2D eigenvalue weighted by molar-refractivity contribution is 0.439. The molecule has 0 fully saturated rings. The average molecular weight is 543 g/mol. The van der Waals surface area contributed by atoms with Crippen molar-refractivity contribution in [3.63, 3.8) is 0 Å². The van der Waals surface area contributed by atoms with E-state index >= 15 is 0 Å². The van der Waals surface area contributed by atoms with E-state index in [-0.39, 0.29) is 23.6 Å². The summed E-state index contributed by atoms with van der Waals surface area (Å²) >= 11 is -2.15. The monoisotopic (exact) mass is 542 g/mol. The van der Waals surface area contributed by atoms with Gasteiger partial charge >= 0.3 is 0 Å². The molecule has 0 bridgehead atoms. The minimum absolute atomic E-state index is 0.158. The van der Waals surface area contributed by atoms with Gasteiger partial charge in [-0.2, -0.15) is 5.10 Å². The Balaban J connectivity index is 1.85. The quantitative estimate of drug-likeness (QED) is 0.278. The van der Waals surface area contributed by atoms with Gasteiger partial charge in [-0.15, -0.1) is 0 Å². The van der Waals surface area contributed by atoms with Crippen LogP contribution in [0.3, 0.4) is 0 Å². The van der Waals surface area contributed by atoms with Crippen LogP contribution in [0.5, 0.6) is 11.5 Å². The number of aromatic nitrogens is 3. The summed E-state index contributed by atoms with van der Waals surface area (Å²) in [7, 11) is 1.63. The van der Waals surface area contributed by atoms with Crippen LogP contribution in [0.2, 0.25) is 0 Å². The molecule has 0 radical (unpaired) electrons. The molecule has 0 aliphatic carbocycles. The van der Waals surface area contributed by atoms with E-state index in [9.17, 15) is 17.8 Å². The molecule has 38 heavy (non-hydrogen) atoms. The van der Waals surface area contributed by atoms with Crippen molar-refractivity contribution in [2.45, 2.75) is 26.8 Å². The summed E-state index contributed by atoms with van der Waals surface area (Å²) in [6.07, 6.45) is 5.64. The third-order valence-corrected chi connectivity index (χ3v) is 6.26. The highest BCUT2D eigenvalue weighted by Gasteiger charge is 2.18. The summed E-state index contributed by atoms with van der Waals surface area (Å²) in [6.45, 7) is 5.09. The van der Waals surface area contributed by atoms with Crippen LogP contribution in [0.25, 0.3) is 22.3 Å². The topological polar surface area (TPSA) is 98.4 Å². The van der Waals surface area contributed by atoms with Gasteiger partial charge in [-0.05, 0) is 47.7 Å². The van der Waals surface area contributed by atoms with Gasteiger partial charge in [0, 0.05) is 61.4 Å². The van der Waals surface area contributed by atoms with Crippen molar-refractivity contribution in [2.24, 2.45) is 13.0 Å². The zero-order chi connectivity index (χ0) is 27.4. The molecule has 2 N–H and O–H groups in total. The summed E-state index contributed by atoms with van der Waals surface area (Å²) in [5, 5.41) is 4.43. The zero-order valence-electron chi connectivity index (χ0n) is 21.1. The molecule has 200 valence electrons. The molecule has 0 saturated heterocycles. The SMILES string of the molecule is CC(C)Cn1cc(-c2cc(=O)n(C)cc2-c2cc(CCNS(=O)O)ccc2Oc2ccc(F)cc2F)cn1. The molecule has 11 heteroatoms. The number of benzene rings is 2. The van der Waals surface area contributed by atoms with E-state index < -0.39 is 22.9 Å². The standard InChI is InChI=1S/C27H28F2N4O4S/c1-17(2)14-33-15-19(13-30-33)21-12-27(34)32(3)16-23(21)22-10-18(8-9-31-38(35)36)4-6-25(22)37-26-7-5-20(28)11-24(26)29/h4-7,10-13,15-17,31H,8-9,14H2,1-3H3,(H,35,36).